The molecule has 404 valence electrons. The van der Waals surface area contributed by atoms with Crippen LogP contribution in [0.5, 0.6) is 23.0 Å². The lowest BCUT2D eigenvalue weighted by molar-refractivity contribution is -0.137. The summed E-state index contributed by atoms with van der Waals surface area (Å²) in [4.78, 5) is 106. The first-order valence-electron chi connectivity index (χ1n) is 25.8. The Hall–Kier alpha value is -7.13. The van der Waals surface area contributed by atoms with Gasteiger partial charge in [0.25, 0.3) is 23.6 Å². The molecule has 6 aliphatic rings. The summed E-state index contributed by atoms with van der Waals surface area (Å²) in [6.07, 6.45) is 13.3. The Bertz CT molecular complexity index is 3030. The molecule has 19 nitrogen and oxygen atoms in total. The van der Waals surface area contributed by atoms with Crippen LogP contribution in [-0.4, -0.2) is 127 Å². The van der Waals surface area contributed by atoms with Crippen LogP contribution in [0.2, 0.25) is 0 Å². The lowest BCUT2D eigenvalue weighted by Gasteiger charge is -2.24. The zero-order chi connectivity index (χ0) is 54.7. The Morgan fingerprint density at radius 1 is 0.675 bits per heavy atom. The van der Waals surface area contributed by atoms with Crippen LogP contribution in [0.25, 0.3) is 5.57 Å². The molecular formula is C56H60Br2N8O11. The summed E-state index contributed by atoms with van der Waals surface area (Å²) in [7, 11) is 3.05. The number of carbonyl (C=O) groups excluding carboxylic acids is 7. The van der Waals surface area contributed by atoms with Crippen LogP contribution in [0.15, 0.2) is 85.5 Å². The Kier molecular flexibility index (Phi) is 16.8. The molecule has 4 atom stereocenters. The highest BCUT2D eigenvalue weighted by Crippen LogP contribution is 2.45. The van der Waals surface area contributed by atoms with Gasteiger partial charge in [0, 0.05) is 68.5 Å². The third-order valence-corrected chi connectivity index (χ3v) is 16.2. The fraction of sp³-hybridized carbons (Fsp3) is 0.411. The summed E-state index contributed by atoms with van der Waals surface area (Å²) >= 11 is 6.23. The van der Waals surface area contributed by atoms with E-state index in [0.717, 1.165) is 22.5 Å². The molecule has 3 unspecified atom stereocenters. The van der Waals surface area contributed by atoms with Crippen molar-refractivity contribution < 1.29 is 52.5 Å². The molecule has 5 heterocycles. The van der Waals surface area contributed by atoms with Crippen molar-refractivity contribution in [2.45, 2.75) is 103 Å². The quantitative estimate of drug-likeness (QED) is 0.0641. The average molecular weight is 1180 g/mol. The molecule has 5 aliphatic heterocycles. The van der Waals surface area contributed by atoms with Gasteiger partial charge in [-0.2, -0.15) is 0 Å². The van der Waals surface area contributed by atoms with E-state index < -0.39 is 35.7 Å². The van der Waals surface area contributed by atoms with E-state index in [1.54, 1.807) is 73.2 Å². The lowest BCUT2D eigenvalue weighted by Crippen LogP contribution is -2.53. The van der Waals surface area contributed by atoms with Crippen molar-refractivity contribution in [3.63, 3.8) is 0 Å². The van der Waals surface area contributed by atoms with Gasteiger partial charge >= 0.3 is 0 Å². The minimum absolute atomic E-state index is 0.0924. The Morgan fingerprint density at radius 3 is 1.81 bits per heavy atom. The van der Waals surface area contributed by atoms with E-state index >= 15 is 0 Å². The van der Waals surface area contributed by atoms with Gasteiger partial charge in [0.1, 0.15) is 21.0 Å². The number of ether oxygens (including phenoxy) is 4. The fourth-order valence-electron chi connectivity index (χ4n) is 9.75. The van der Waals surface area contributed by atoms with Crippen LogP contribution >= 0.6 is 31.9 Å². The average Bonchev–Trinajstić information content (AvgIpc) is 4.06. The number of amides is 7. The van der Waals surface area contributed by atoms with Crippen molar-refractivity contribution in [1.29, 1.82) is 0 Å². The number of methoxy groups -OCH3 is 2. The summed E-state index contributed by atoms with van der Waals surface area (Å²) in [5, 5.41) is 8.34. The van der Waals surface area contributed by atoms with Gasteiger partial charge in [-0.3, -0.25) is 48.4 Å². The molecule has 3 aromatic carbocycles. The summed E-state index contributed by atoms with van der Waals surface area (Å²) < 4.78 is 24.0. The van der Waals surface area contributed by atoms with Crippen LogP contribution in [0, 0.1) is 11.8 Å². The third-order valence-electron chi connectivity index (χ3n) is 14.2. The normalized spacial score (nSPS) is 19.2. The molecule has 21 heteroatoms. The van der Waals surface area contributed by atoms with Crippen LogP contribution < -0.4 is 34.9 Å². The van der Waals surface area contributed by atoms with Gasteiger partial charge in [0.05, 0.1) is 62.0 Å². The van der Waals surface area contributed by atoms with Gasteiger partial charge in [-0.05, 0) is 124 Å². The second kappa shape index (κ2) is 23.6. The number of rotatable bonds is 22. The van der Waals surface area contributed by atoms with Crippen LogP contribution in [-0.2, 0) is 24.0 Å². The first-order chi connectivity index (χ1) is 37.0. The number of halogens is 2. The Labute approximate surface area is 462 Å². The maximum absolute atomic E-state index is 14.1. The van der Waals surface area contributed by atoms with E-state index in [4.69, 9.17) is 28.9 Å². The van der Waals surface area contributed by atoms with Crippen molar-refractivity contribution in [1.82, 2.24) is 25.3 Å². The number of carbonyl (C=O) groups is 7. The Morgan fingerprint density at radius 2 is 1.25 bits per heavy atom. The van der Waals surface area contributed by atoms with E-state index in [-0.39, 0.29) is 70.9 Å². The molecule has 0 aromatic heterocycles. The number of anilines is 1. The summed E-state index contributed by atoms with van der Waals surface area (Å²) in [5.41, 5.74) is 5.36. The highest BCUT2D eigenvalue weighted by Gasteiger charge is 2.39. The molecule has 0 bridgehead atoms. The molecule has 3 N–H and O–H groups in total. The zero-order valence-corrected chi connectivity index (χ0v) is 46.5. The SMILES string of the molecule is COc1cc2c(cc1OCCCOc1cc3c(cc1OC)C(=O)N1C=C(C4CC4)C[C@@H]1C=N3)N=CC1CC(c3ccc(NC(=O)C(C)NC(=O)C(NC(=O)CCCCCN4C(=O)C(Br)=C(Br)C4=O)C(C)C)cc3)=CN1C2=O. The maximum atomic E-state index is 14.1. The van der Waals surface area contributed by atoms with Crippen molar-refractivity contribution in [2.75, 3.05) is 39.3 Å². The van der Waals surface area contributed by atoms with Crippen molar-refractivity contribution in [2.24, 2.45) is 21.8 Å². The smallest absolute Gasteiger partial charge is 0.269 e. The number of nitrogens with one attached hydrogen (secondary N) is 3. The van der Waals surface area contributed by atoms with Gasteiger partial charge in [0.2, 0.25) is 17.7 Å². The molecular weight excluding hydrogens is 1120 g/mol. The monoisotopic (exact) mass is 1180 g/mol. The van der Waals surface area contributed by atoms with Gasteiger partial charge in [-0.15, -0.1) is 0 Å². The molecule has 0 spiro atoms. The minimum Gasteiger partial charge on any atom is -0.493 e. The van der Waals surface area contributed by atoms with E-state index in [9.17, 15) is 33.6 Å². The molecule has 0 radical (unpaired) electrons. The highest BCUT2D eigenvalue weighted by molar-refractivity contribution is 9.14. The predicted molar refractivity (Wildman–Crippen MR) is 295 cm³/mol. The Balaban J connectivity index is 0.731. The summed E-state index contributed by atoms with van der Waals surface area (Å²) in [5.74, 6) is -0.422. The molecule has 0 saturated heterocycles. The topological polar surface area (TPSA) is 227 Å². The first kappa shape index (κ1) is 54.7. The number of imide groups is 1. The number of fused-ring (bicyclic) bond motifs is 4. The number of benzene rings is 3. The van der Waals surface area contributed by atoms with Crippen molar-refractivity contribution >= 4 is 108 Å². The molecule has 7 amide bonds. The lowest BCUT2D eigenvalue weighted by atomic mass is 10.0. The van der Waals surface area contributed by atoms with Crippen molar-refractivity contribution in [3.8, 4) is 23.0 Å². The van der Waals surface area contributed by atoms with Gasteiger partial charge in [-0.1, -0.05) is 32.4 Å². The predicted octanol–water partition coefficient (Wildman–Crippen LogP) is 8.26. The number of nitrogens with zero attached hydrogens (tertiary/aromatic N) is 5. The zero-order valence-electron chi connectivity index (χ0n) is 43.4. The van der Waals surface area contributed by atoms with E-state index in [2.05, 4.69) is 47.8 Å². The number of unbranched alkanes of at least 4 members (excludes halogenated alkanes) is 2. The van der Waals surface area contributed by atoms with E-state index in [1.165, 1.54) is 32.6 Å². The molecule has 1 saturated carbocycles. The standard InChI is InChI=1S/C56H60Br2N8O11/c1-30(2)50(63-47(67)10-7-6-8-17-64-55(72)48(57)49(58)56(64)73)52(69)61-31(3)51(68)62-36-15-13-33(14-16-36)35-21-38-27-60-42-25-46(44(75-5)23-40(42)54(71)66(38)29-35)77-19-9-18-76-45-24-41-39(22-43(45)74-4)53(70)65-28-34(32-11-12-32)20-37(65)26-59-41/h13-16,22-32,37-38,50H,6-12,17-21H2,1-5H3,(H,61,69)(H,62,68)(H,63,67)/t31?,37-,38?,50?/m1/s1. The highest BCUT2D eigenvalue weighted by atomic mass is 79.9. The van der Waals surface area contributed by atoms with Gasteiger partial charge < -0.3 is 44.7 Å². The molecule has 3 aromatic rings. The second-order valence-corrected chi connectivity index (χ2v) is 21.6. The molecule has 1 fully saturated rings. The van der Waals surface area contributed by atoms with Crippen LogP contribution in [0.1, 0.15) is 105 Å². The largest absolute Gasteiger partial charge is 0.493 e. The third kappa shape index (κ3) is 12.0. The van der Waals surface area contributed by atoms with E-state index in [1.807, 2.05) is 30.7 Å². The van der Waals surface area contributed by atoms with Crippen molar-refractivity contribution in [3.05, 3.63) is 92.2 Å². The minimum atomic E-state index is -0.929. The van der Waals surface area contributed by atoms with Gasteiger partial charge in [0.15, 0.2) is 23.0 Å². The molecule has 77 heavy (non-hydrogen) atoms. The summed E-state index contributed by atoms with van der Waals surface area (Å²) in [6.45, 7) is 5.92. The van der Waals surface area contributed by atoms with Gasteiger partial charge in [-0.25, -0.2) is 0 Å². The van der Waals surface area contributed by atoms with Crippen LogP contribution in [0.3, 0.4) is 0 Å². The maximum Gasteiger partial charge on any atom is 0.269 e. The second-order valence-electron chi connectivity index (χ2n) is 20.0. The molecule has 9 rings (SSSR count). The number of aliphatic imine (C=N–C) groups is 2. The van der Waals surface area contributed by atoms with Crippen LogP contribution in [0.4, 0.5) is 17.1 Å². The number of hydrogen-bond acceptors (Lipinski definition) is 13. The fourth-order valence-corrected chi connectivity index (χ4v) is 10.5. The summed E-state index contributed by atoms with van der Waals surface area (Å²) in [6, 6.07) is 11.7. The number of hydrogen-bond donors (Lipinski definition) is 3. The van der Waals surface area contributed by atoms with E-state index in [0.29, 0.717) is 89.2 Å². The first-order valence-corrected chi connectivity index (χ1v) is 27.4. The molecule has 1 aliphatic carbocycles.